The Morgan fingerprint density at radius 3 is 2.09 bits per heavy atom. The molecule has 4 unspecified atom stereocenters. The summed E-state index contributed by atoms with van der Waals surface area (Å²) in [4.78, 5) is 14.6. The molecule has 12 nitrogen and oxygen atoms in total. The van der Waals surface area contributed by atoms with E-state index in [0.29, 0.717) is 45.1 Å². The first-order valence-corrected chi connectivity index (χ1v) is 31.8. The zero-order valence-corrected chi connectivity index (χ0v) is 44.6. The molecule has 10 saturated heterocycles. The van der Waals surface area contributed by atoms with E-state index in [1.54, 1.807) is 7.11 Å². The SMILES string of the molecule is C=C1CC2CC[C@@]34C[C@H]5O[C@H]6[C@@H](O3)[C@H]3O[C@H](CC[C@@H]3O[C@H]6[C@H]5O4)CC(=O)CC3[C@H](C[C@H]4O[C@@H](CCC1O2)C[C@@H](C)C4=C)O[C@H](CC(CO[Si](C)(C)C(C)(C)C)O[Si](C)(C)C(C)(C)C)[C@@H]3OC. The van der Waals surface area contributed by atoms with Gasteiger partial charge in [0, 0.05) is 51.6 Å². The molecule has 0 saturated carbocycles. The lowest BCUT2D eigenvalue weighted by Crippen LogP contribution is -2.61. The third kappa shape index (κ3) is 9.87. The molecule has 0 N–H and O–H groups in total. The van der Waals surface area contributed by atoms with Crippen molar-refractivity contribution < 1.29 is 56.3 Å². The zero-order chi connectivity index (χ0) is 47.3. The highest BCUT2D eigenvalue weighted by Gasteiger charge is 2.69. The summed E-state index contributed by atoms with van der Waals surface area (Å²) >= 11 is 0. The molecule has 14 heteroatoms. The Kier molecular flexibility index (Phi) is 14.1. The highest BCUT2D eigenvalue weighted by molar-refractivity contribution is 6.74. The van der Waals surface area contributed by atoms with Crippen LogP contribution in [-0.2, 0) is 56.3 Å². The highest BCUT2D eigenvalue weighted by Crippen LogP contribution is 2.55. The van der Waals surface area contributed by atoms with Crippen LogP contribution in [0, 0.1) is 11.8 Å². The predicted octanol–water partition coefficient (Wildman–Crippen LogP) is 9.53. The normalized spacial score (nSPS) is 44.9. The second-order valence-corrected chi connectivity index (χ2v) is 34.7. The van der Waals surface area contributed by atoms with Crippen LogP contribution < -0.4 is 0 Å². The first-order valence-electron chi connectivity index (χ1n) is 25.9. The molecule has 1 spiro atoms. The van der Waals surface area contributed by atoms with Gasteiger partial charge < -0.3 is 51.5 Å². The lowest BCUT2D eigenvalue weighted by Gasteiger charge is -2.47. The number of methoxy groups -OCH3 is 1. The number of rotatable bonds is 8. The Bertz CT molecular complexity index is 1790. The monoisotopic (exact) mass is 959 g/mol. The third-order valence-corrected chi connectivity index (χ3v) is 27.4. The molecule has 0 amide bonds. The molecule has 0 aromatic heterocycles. The van der Waals surface area contributed by atoms with E-state index >= 15 is 0 Å². The Morgan fingerprint density at radius 2 is 1.36 bits per heavy atom. The second-order valence-electron chi connectivity index (χ2n) is 25.1. The summed E-state index contributed by atoms with van der Waals surface area (Å²) in [6.45, 7) is 34.8. The van der Waals surface area contributed by atoms with Gasteiger partial charge in [0.2, 0.25) is 0 Å². The van der Waals surface area contributed by atoms with Crippen LogP contribution in [0.3, 0.4) is 0 Å². The molecule has 0 aromatic rings. The maximum absolute atomic E-state index is 14.6. The van der Waals surface area contributed by atoms with Crippen molar-refractivity contribution in [3.63, 3.8) is 0 Å². The van der Waals surface area contributed by atoms with Crippen molar-refractivity contribution in [3.8, 4) is 0 Å². The number of hydrogen-bond acceptors (Lipinski definition) is 12. The minimum Gasteiger partial charge on any atom is -0.414 e. The van der Waals surface area contributed by atoms with Gasteiger partial charge in [-0.3, -0.25) is 4.79 Å². The smallest absolute Gasteiger partial charge is 0.192 e. The van der Waals surface area contributed by atoms with E-state index < -0.39 is 22.4 Å². The van der Waals surface area contributed by atoms with E-state index in [2.05, 4.69) is 87.8 Å². The molecule has 0 aromatic carbocycles. The minimum absolute atomic E-state index is 0.00884. The van der Waals surface area contributed by atoms with Crippen molar-refractivity contribution in [2.45, 2.75) is 272 Å². The average Bonchev–Trinajstić information content (AvgIpc) is 3.90. The fraction of sp³-hybridized carbons (Fsp3) is 0.904. The summed E-state index contributed by atoms with van der Waals surface area (Å²) in [5.41, 5.74) is 2.25. The quantitative estimate of drug-likeness (QED) is 0.170. The summed E-state index contributed by atoms with van der Waals surface area (Å²) in [6, 6.07) is 0. The van der Waals surface area contributed by atoms with Crippen LogP contribution in [0.2, 0.25) is 36.3 Å². The molecule has 66 heavy (non-hydrogen) atoms. The number of hydrogen-bond donors (Lipinski definition) is 0. The lowest BCUT2D eigenvalue weighted by atomic mass is 9.81. The van der Waals surface area contributed by atoms with Crippen LogP contribution in [-0.4, -0.2) is 140 Å². The standard InChI is InChI=1S/C52H86O12Si2/c1-29-21-33-15-17-38-30(2)22-35(56-38)19-20-52-27-43-46(62-52)47-48(61-43)49(63-52)45-39(60-47)18-16-34(58-45)23-32(53)24-37-41(26-40(57-33)31(29)3)59-42(44(37)54-10)25-36(64-66(13,14)51(7,8)9)28-55-65(11,12)50(4,5)6/h29,33-49H,2-3,15-28H2,1,4-14H3/t29-,33+,34-,35?,36?,37?,38?,39+,40-,41+,42-,43-,44-,45+,46+,47+,48-,49+,52+/m1/s1. The Hall–Kier alpha value is -0.856. The van der Waals surface area contributed by atoms with Crippen molar-refractivity contribution in [2.24, 2.45) is 11.8 Å². The first-order chi connectivity index (χ1) is 30.9. The lowest BCUT2D eigenvalue weighted by molar-refractivity contribution is -0.292. The second kappa shape index (κ2) is 18.6. The Balaban J connectivity index is 0.993. The summed E-state index contributed by atoms with van der Waals surface area (Å²) in [6.07, 6.45) is 5.96. The maximum atomic E-state index is 14.6. The molecule has 10 heterocycles. The Morgan fingerprint density at radius 1 is 0.697 bits per heavy atom. The Labute approximate surface area is 398 Å². The molecule has 10 fully saturated rings. The van der Waals surface area contributed by atoms with Gasteiger partial charge in [0.25, 0.3) is 0 Å². The molecule has 0 radical (unpaired) electrons. The van der Waals surface area contributed by atoms with Crippen molar-refractivity contribution in [3.05, 3.63) is 24.3 Å². The van der Waals surface area contributed by atoms with Crippen LogP contribution in [0.25, 0.3) is 0 Å². The largest absolute Gasteiger partial charge is 0.414 e. The van der Waals surface area contributed by atoms with Crippen molar-refractivity contribution >= 4 is 22.4 Å². The number of fused-ring (bicyclic) bond motifs is 6. The number of ether oxygens (including phenoxy) is 9. The predicted molar refractivity (Wildman–Crippen MR) is 256 cm³/mol. The molecule has 10 aliphatic heterocycles. The van der Waals surface area contributed by atoms with E-state index in [-0.39, 0.29) is 125 Å². The number of ketones is 1. The van der Waals surface area contributed by atoms with Gasteiger partial charge in [0.15, 0.2) is 22.4 Å². The fourth-order valence-corrected chi connectivity index (χ4v) is 14.8. The average molecular weight is 959 g/mol. The number of carbonyl (C=O) groups excluding carboxylic acids is 1. The van der Waals surface area contributed by atoms with Gasteiger partial charge in [0.05, 0.1) is 73.8 Å². The van der Waals surface area contributed by atoms with Gasteiger partial charge in [-0.05, 0) is 98.3 Å². The van der Waals surface area contributed by atoms with E-state index in [4.69, 9.17) is 51.5 Å². The maximum Gasteiger partial charge on any atom is 0.192 e. The van der Waals surface area contributed by atoms with E-state index in [1.807, 2.05) is 0 Å². The summed E-state index contributed by atoms with van der Waals surface area (Å²) in [7, 11) is -2.55. The van der Waals surface area contributed by atoms with E-state index in [9.17, 15) is 4.79 Å². The van der Waals surface area contributed by atoms with Crippen LogP contribution in [0.1, 0.15) is 132 Å². The van der Waals surface area contributed by atoms with Gasteiger partial charge in [-0.2, -0.15) is 0 Å². The van der Waals surface area contributed by atoms with Crippen LogP contribution >= 0.6 is 0 Å². The van der Waals surface area contributed by atoms with Crippen molar-refractivity contribution in [2.75, 3.05) is 13.7 Å². The number of Topliss-reactive ketones (excluding diaryl/α,β-unsaturated/α-hetero) is 1. The van der Waals surface area contributed by atoms with Gasteiger partial charge in [0.1, 0.15) is 36.3 Å². The third-order valence-electron chi connectivity index (χ3n) is 18.4. The van der Waals surface area contributed by atoms with Gasteiger partial charge in [-0.15, -0.1) is 0 Å². The van der Waals surface area contributed by atoms with Crippen LogP contribution in [0.15, 0.2) is 24.3 Å². The summed E-state index contributed by atoms with van der Waals surface area (Å²) in [5.74, 6) is -0.554. The summed E-state index contributed by atoms with van der Waals surface area (Å²) < 4.78 is 76.0. The van der Waals surface area contributed by atoms with Gasteiger partial charge >= 0.3 is 0 Å². The molecule has 12 bridgehead atoms. The van der Waals surface area contributed by atoms with E-state index in [0.717, 1.165) is 56.1 Å². The van der Waals surface area contributed by atoms with Crippen molar-refractivity contribution in [1.82, 2.24) is 0 Å². The first kappa shape index (κ1) is 50.1. The molecule has 374 valence electrons. The molecule has 19 atom stereocenters. The van der Waals surface area contributed by atoms with Crippen LogP contribution in [0.5, 0.6) is 0 Å². The fourth-order valence-electron chi connectivity index (χ4n) is 12.4. The molecular weight excluding hydrogens is 873 g/mol. The van der Waals surface area contributed by atoms with Crippen LogP contribution in [0.4, 0.5) is 0 Å². The minimum atomic E-state index is -2.22. The van der Waals surface area contributed by atoms with Crippen molar-refractivity contribution in [1.29, 1.82) is 0 Å². The zero-order valence-electron chi connectivity index (χ0n) is 42.6. The topological polar surface area (TPSA) is 119 Å². The molecule has 0 aliphatic carbocycles. The number of carbonyl (C=O) groups is 1. The van der Waals surface area contributed by atoms with Gasteiger partial charge in [-0.25, -0.2) is 0 Å². The highest BCUT2D eigenvalue weighted by atomic mass is 28.4. The molecule has 10 aliphatic rings. The van der Waals surface area contributed by atoms with E-state index in [1.165, 1.54) is 0 Å². The molecular formula is C52H86O12Si2. The van der Waals surface area contributed by atoms with Gasteiger partial charge in [-0.1, -0.05) is 61.6 Å². The molecule has 10 rings (SSSR count). The summed E-state index contributed by atoms with van der Waals surface area (Å²) in [5, 5.41) is 0.0634.